The fraction of sp³-hybridized carbons (Fsp3) is 0.500. The van der Waals surface area contributed by atoms with Crippen molar-refractivity contribution in [2.75, 3.05) is 5.75 Å². The monoisotopic (exact) mass is 243 g/mol. The van der Waals surface area contributed by atoms with Crippen LogP contribution in [0.1, 0.15) is 25.0 Å². The summed E-state index contributed by atoms with van der Waals surface area (Å²) in [5.74, 6) is 1.28. The molecular weight excluding hydrogens is 225 g/mol. The number of nitrogens with two attached hydrogens (primary N) is 1. The lowest BCUT2D eigenvalue weighted by molar-refractivity contribution is 0.610. The molecule has 0 heterocycles. The van der Waals surface area contributed by atoms with Crippen molar-refractivity contribution >= 4 is 10.8 Å². The van der Waals surface area contributed by atoms with Gasteiger partial charge < -0.3 is 5.73 Å². The summed E-state index contributed by atoms with van der Waals surface area (Å²) in [6, 6.07) is 4.77. The van der Waals surface area contributed by atoms with Crippen molar-refractivity contribution in [3.63, 3.8) is 0 Å². The molecule has 0 fully saturated rings. The molecule has 0 spiro atoms. The van der Waals surface area contributed by atoms with Crippen LogP contribution in [0.4, 0.5) is 4.39 Å². The molecule has 0 saturated heterocycles. The number of hydrogen-bond donors (Lipinski definition) is 1. The van der Waals surface area contributed by atoms with Crippen LogP contribution in [-0.2, 0) is 23.1 Å². The summed E-state index contributed by atoms with van der Waals surface area (Å²) in [5.41, 5.74) is 6.79. The van der Waals surface area contributed by atoms with Gasteiger partial charge in [0.15, 0.2) is 0 Å². The Labute approximate surface area is 98.5 Å². The van der Waals surface area contributed by atoms with Crippen LogP contribution in [0.5, 0.6) is 0 Å². The highest BCUT2D eigenvalue weighted by molar-refractivity contribution is 7.84. The van der Waals surface area contributed by atoms with Gasteiger partial charge in [0.1, 0.15) is 5.82 Å². The molecule has 1 unspecified atom stereocenters. The largest absolute Gasteiger partial charge is 0.326 e. The Kier molecular flexibility index (Phi) is 5.09. The normalized spacial score (nSPS) is 13.1. The van der Waals surface area contributed by atoms with E-state index in [2.05, 4.69) is 0 Å². The molecule has 0 saturated carbocycles. The zero-order valence-corrected chi connectivity index (χ0v) is 10.5. The van der Waals surface area contributed by atoms with Gasteiger partial charge in [-0.1, -0.05) is 26.0 Å². The predicted octanol–water partition coefficient (Wildman–Crippen LogP) is 2.19. The van der Waals surface area contributed by atoms with Crippen LogP contribution in [0.25, 0.3) is 0 Å². The molecule has 0 amide bonds. The second kappa shape index (κ2) is 6.11. The third-order valence-corrected chi connectivity index (χ3v) is 3.87. The number of hydrogen-bond acceptors (Lipinski definition) is 2. The standard InChI is InChI=1S/C12H18FNOS/c1-9(2)7-16(15)8-10-3-4-12(13)11(5-10)6-14/h3-5,9H,6-8,14H2,1-2H3. The van der Waals surface area contributed by atoms with Crippen molar-refractivity contribution in [1.29, 1.82) is 0 Å². The van der Waals surface area contributed by atoms with Crippen LogP contribution in [0.2, 0.25) is 0 Å². The first-order valence-corrected chi connectivity index (χ1v) is 6.84. The maximum atomic E-state index is 13.2. The topological polar surface area (TPSA) is 43.1 Å². The number of rotatable bonds is 5. The van der Waals surface area contributed by atoms with Gasteiger partial charge in [-0.25, -0.2) is 4.39 Å². The van der Waals surface area contributed by atoms with Gasteiger partial charge in [-0.05, 0) is 17.5 Å². The van der Waals surface area contributed by atoms with E-state index in [0.717, 1.165) is 5.56 Å². The van der Waals surface area contributed by atoms with E-state index in [1.807, 2.05) is 13.8 Å². The average molecular weight is 243 g/mol. The van der Waals surface area contributed by atoms with E-state index in [1.165, 1.54) is 6.07 Å². The quantitative estimate of drug-likeness (QED) is 0.861. The van der Waals surface area contributed by atoms with Gasteiger partial charge in [0.2, 0.25) is 0 Å². The summed E-state index contributed by atoms with van der Waals surface area (Å²) in [5, 5.41) is 0. The van der Waals surface area contributed by atoms with Crippen LogP contribution in [0.15, 0.2) is 18.2 Å². The van der Waals surface area contributed by atoms with E-state index < -0.39 is 10.8 Å². The Balaban J connectivity index is 2.71. The average Bonchev–Trinajstić information content (AvgIpc) is 2.19. The molecule has 4 heteroatoms. The minimum absolute atomic E-state index is 0.177. The first-order valence-electron chi connectivity index (χ1n) is 5.35. The van der Waals surface area contributed by atoms with Crippen LogP contribution < -0.4 is 5.73 Å². The highest BCUT2D eigenvalue weighted by atomic mass is 32.2. The van der Waals surface area contributed by atoms with Crippen LogP contribution >= 0.6 is 0 Å². The van der Waals surface area contributed by atoms with Crippen molar-refractivity contribution < 1.29 is 8.60 Å². The number of benzene rings is 1. The maximum absolute atomic E-state index is 13.2. The number of halogens is 1. The third-order valence-electron chi connectivity index (χ3n) is 2.18. The van der Waals surface area contributed by atoms with E-state index in [0.29, 0.717) is 23.0 Å². The van der Waals surface area contributed by atoms with Gasteiger partial charge in [-0.15, -0.1) is 0 Å². The van der Waals surface area contributed by atoms with Crippen LogP contribution in [0, 0.1) is 11.7 Å². The van der Waals surface area contributed by atoms with E-state index >= 15 is 0 Å². The maximum Gasteiger partial charge on any atom is 0.127 e. The summed E-state index contributed by atoms with van der Waals surface area (Å²) < 4.78 is 24.9. The summed E-state index contributed by atoms with van der Waals surface area (Å²) >= 11 is 0. The van der Waals surface area contributed by atoms with Crippen molar-refractivity contribution in [1.82, 2.24) is 0 Å². The smallest absolute Gasteiger partial charge is 0.127 e. The molecule has 2 nitrogen and oxygen atoms in total. The molecule has 0 aliphatic rings. The summed E-state index contributed by atoms with van der Waals surface area (Å²) in [6.45, 7) is 4.25. The summed E-state index contributed by atoms with van der Waals surface area (Å²) in [6.07, 6.45) is 0. The van der Waals surface area contributed by atoms with Gasteiger partial charge in [-0.3, -0.25) is 4.21 Å². The minimum Gasteiger partial charge on any atom is -0.326 e. The molecule has 90 valence electrons. The second-order valence-corrected chi connectivity index (χ2v) is 5.78. The highest BCUT2D eigenvalue weighted by Crippen LogP contribution is 2.12. The van der Waals surface area contributed by atoms with Crippen molar-refractivity contribution in [3.05, 3.63) is 35.1 Å². The Hall–Kier alpha value is -0.740. The lowest BCUT2D eigenvalue weighted by Gasteiger charge is -2.07. The molecular formula is C12H18FNOS. The first kappa shape index (κ1) is 13.3. The molecule has 1 atom stereocenters. The van der Waals surface area contributed by atoms with Crippen molar-refractivity contribution in [2.24, 2.45) is 11.7 Å². The second-order valence-electron chi connectivity index (χ2n) is 4.27. The Bertz CT molecular complexity index is 379. The van der Waals surface area contributed by atoms with Gasteiger partial charge in [-0.2, -0.15) is 0 Å². The zero-order valence-electron chi connectivity index (χ0n) is 9.70. The molecule has 0 bridgehead atoms. The van der Waals surface area contributed by atoms with E-state index in [1.54, 1.807) is 12.1 Å². The lowest BCUT2D eigenvalue weighted by atomic mass is 10.1. The fourth-order valence-corrected chi connectivity index (χ4v) is 2.90. The van der Waals surface area contributed by atoms with Crippen molar-refractivity contribution in [2.45, 2.75) is 26.1 Å². The van der Waals surface area contributed by atoms with Crippen LogP contribution in [-0.4, -0.2) is 9.96 Å². The van der Waals surface area contributed by atoms with Gasteiger partial charge in [0.25, 0.3) is 0 Å². The minimum atomic E-state index is -0.881. The molecule has 2 N–H and O–H groups in total. The molecule has 1 rings (SSSR count). The third kappa shape index (κ3) is 4.02. The van der Waals surface area contributed by atoms with E-state index in [-0.39, 0.29) is 12.4 Å². The summed E-state index contributed by atoms with van der Waals surface area (Å²) in [7, 11) is -0.881. The lowest BCUT2D eigenvalue weighted by Crippen LogP contribution is -2.08. The molecule has 1 aromatic rings. The van der Waals surface area contributed by atoms with Crippen LogP contribution in [0.3, 0.4) is 0 Å². The fourth-order valence-electron chi connectivity index (χ4n) is 1.49. The molecule has 0 aliphatic heterocycles. The van der Waals surface area contributed by atoms with Gasteiger partial charge in [0, 0.05) is 34.4 Å². The van der Waals surface area contributed by atoms with E-state index in [9.17, 15) is 8.60 Å². The molecule has 0 aromatic heterocycles. The Morgan fingerprint density at radius 3 is 2.69 bits per heavy atom. The predicted molar refractivity (Wildman–Crippen MR) is 65.8 cm³/mol. The Morgan fingerprint density at radius 2 is 2.12 bits per heavy atom. The molecule has 1 aromatic carbocycles. The van der Waals surface area contributed by atoms with E-state index in [4.69, 9.17) is 5.73 Å². The highest BCUT2D eigenvalue weighted by Gasteiger charge is 2.07. The first-order chi connectivity index (χ1) is 7.52. The summed E-state index contributed by atoms with van der Waals surface area (Å²) in [4.78, 5) is 0. The van der Waals surface area contributed by atoms with Crippen molar-refractivity contribution in [3.8, 4) is 0 Å². The molecule has 16 heavy (non-hydrogen) atoms. The SMILES string of the molecule is CC(C)CS(=O)Cc1ccc(F)c(CN)c1. The van der Waals surface area contributed by atoms with Gasteiger partial charge in [0.05, 0.1) is 0 Å². The van der Waals surface area contributed by atoms with Gasteiger partial charge >= 0.3 is 0 Å². The Morgan fingerprint density at radius 1 is 1.44 bits per heavy atom. The zero-order chi connectivity index (χ0) is 12.1. The molecule has 0 radical (unpaired) electrons. The molecule has 0 aliphatic carbocycles.